The normalized spacial score (nSPS) is 14.6. The first-order valence-corrected chi connectivity index (χ1v) is 14.1. The standard InChI is InChI=1S/C29H32N6O3S/c1-19-10-15-24(20(2)17-19)35(26(37)18-34-32-28(31-33-34)25-9-6-16-39-25)27(21-11-13-23(36)14-12-21)29(38)30-22-7-4-3-5-8-22/h6,9-17,22,27,36H,3-5,7-8,18H2,1-2H3,(H,30,38). The molecule has 0 bridgehead atoms. The maximum absolute atomic E-state index is 14.1. The van der Waals surface area contributed by atoms with Gasteiger partial charge in [-0.3, -0.25) is 14.5 Å². The van der Waals surface area contributed by atoms with E-state index in [1.165, 1.54) is 39.6 Å². The maximum atomic E-state index is 14.1. The molecule has 0 radical (unpaired) electrons. The second-order valence-corrected chi connectivity index (χ2v) is 11.0. The summed E-state index contributed by atoms with van der Waals surface area (Å²) in [6.45, 7) is 3.72. The highest BCUT2D eigenvalue weighted by molar-refractivity contribution is 7.13. The molecule has 2 amide bonds. The van der Waals surface area contributed by atoms with Crippen LogP contribution in [0.3, 0.4) is 0 Å². The molecule has 0 spiro atoms. The van der Waals surface area contributed by atoms with E-state index in [-0.39, 0.29) is 30.2 Å². The summed E-state index contributed by atoms with van der Waals surface area (Å²) in [5.74, 6) is -0.0795. The largest absolute Gasteiger partial charge is 0.508 e. The second kappa shape index (κ2) is 11.8. The van der Waals surface area contributed by atoms with Crippen LogP contribution in [0, 0.1) is 13.8 Å². The van der Waals surface area contributed by atoms with Crippen molar-refractivity contribution in [3.63, 3.8) is 0 Å². The fourth-order valence-corrected chi connectivity index (χ4v) is 5.75. The van der Waals surface area contributed by atoms with E-state index in [0.29, 0.717) is 17.1 Å². The summed E-state index contributed by atoms with van der Waals surface area (Å²) in [6, 6.07) is 15.1. The van der Waals surface area contributed by atoms with Gasteiger partial charge in [0, 0.05) is 11.7 Å². The molecular weight excluding hydrogens is 512 g/mol. The number of phenolic OH excluding ortho intramolecular Hbond substituents is 1. The molecule has 2 aromatic heterocycles. The Bertz CT molecular complexity index is 1430. The van der Waals surface area contributed by atoms with Crippen LogP contribution in [0.4, 0.5) is 5.69 Å². The third kappa shape index (κ3) is 6.17. The number of nitrogens with one attached hydrogen (secondary N) is 1. The summed E-state index contributed by atoms with van der Waals surface area (Å²) >= 11 is 1.49. The molecule has 39 heavy (non-hydrogen) atoms. The number of amides is 2. The number of anilines is 1. The van der Waals surface area contributed by atoms with Crippen LogP contribution in [-0.4, -0.2) is 43.2 Å². The Balaban J connectivity index is 1.53. The average molecular weight is 545 g/mol. The van der Waals surface area contributed by atoms with Gasteiger partial charge in [-0.25, -0.2) is 0 Å². The Kier molecular flexibility index (Phi) is 8.02. The van der Waals surface area contributed by atoms with Crippen molar-refractivity contribution < 1.29 is 14.7 Å². The molecule has 2 heterocycles. The van der Waals surface area contributed by atoms with Gasteiger partial charge in [-0.05, 0) is 72.7 Å². The minimum absolute atomic E-state index is 0.0623. The molecule has 1 atom stereocenters. The zero-order chi connectivity index (χ0) is 27.4. The topological polar surface area (TPSA) is 113 Å². The Morgan fingerprint density at radius 3 is 2.56 bits per heavy atom. The number of tetrazole rings is 1. The van der Waals surface area contributed by atoms with E-state index in [2.05, 4.69) is 20.7 Å². The number of hydrogen-bond acceptors (Lipinski definition) is 7. The Hall–Kier alpha value is -4.05. The zero-order valence-electron chi connectivity index (χ0n) is 22.1. The predicted molar refractivity (Wildman–Crippen MR) is 150 cm³/mol. The molecule has 1 saturated carbocycles. The van der Waals surface area contributed by atoms with Gasteiger partial charge >= 0.3 is 0 Å². The van der Waals surface area contributed by atoms with Crippen LogP contribution in [-0.2, 0) is 16.1 Å². The van der Waals surface area contributed by atoms with Gasteiger partial charge in [-0.15, -0.1) is 21.5 Å². The van der Waals surface area contributed by atoms with Crippen LogP contribution in [0.25, 0.3) is 10.7 Å². The molecule has 9 nitrogen and oxygen atoms in total. The van der Waals surface area contributed by atoms with Crippen LogP contribution in [0.1, 0.15) is 54.8 Å². The fourth-order valence-electron chi connectivity index (χ4n) is 5.11. The van der Waals surface area contributed by atoms with Crippen molar-refractivity contribution in [3.05, 3.63) is 76.7 Å². The molecular formula is C29H32N6O3S. The lowest BCUT2D eigenvalue weighted by atomic mass is 9.94. The van der Waals surface area contributed by atoms with Gasteiger partial charge in [-0.1, -0.05) is 55.2 Å². The van der Waals surface area contributed by atoms with E-state index in [1.54, 1.807) is 12.1 Å². The molecule has 10 heteroatoms. The minimum atomic E-state index is -0.957. The van der Waals surface area contributed by atoms with E-state index in [9.17, 15) is 14.7 Å². The van der Waals surface area contributed by atoms with Crippen LogP contribution in [0.2, 0.25) is 0 Å². The average Bonchev–Trinajstić information content (AvgIpc) is 3.61. The van der Waals surface area contributed by atoms with Crippen molar-refractivity contribution in [1.29, 1.82) is 0 Å². The van der Waals surface area contributed by atoms with Crippen LogP contribution >= 0.6 is 11.3 Å². The van der Waals surface area contributed by atoms with Gasteiger partial charge in [0.05, 0.1) is 4.88 Å². The molecule has 2 aromatic carbocycles. The number of thiophene rings is 1. The van der Waals surface area contributed by atoms with E-state index < -0.39 is 6.04 Å². The number of carbonyl (C=O) groups is 2. The molecule has 4 aromatic rings. The molecule has 1 aliphatic rings. The van der Waals surface area contributed by atoms with Crippen molar-refractivity contribution in [2.24, 2.45) is 0 Å². The second-order valence-electron chi connectivity index (χ2n) is 10.0. The molecule has 1 unspecified atom stereocenters. The third-order valence-electron chi connectivity index (χ3n) is 7.02. The minimum Gasteiger partial charge on any atom is -0.508 e. The van der Waals surface area contributed by atoms with Gasteiger partial charge < -0.3 is 10.4 Å². The molecule has 2 N–H and O–H groups in total. The number of carbonyl (C=O) groups excluding carboxylic acids is 2. The SMILES string of the molecule is Cc1ccc(N(C(=O)Cn2nnc(-c3cccs3)n2)C(C(=O)NC2CCCCC2)c2ccc(O)cc2)c(C)c1. The number of hydrogen-bond donors (Lipinski definition) is 2. The molecule has 1 fully saturated rings. The lowest BCUT2D eigenvalue weighted by Crippen LogP contribution is -2.48. The van der Waals surface area contributed by atoms with Crippen LogP contribution in [0.5, 0.6) is 5.75 Å². The Morgan fingerprint density at radius 2 is 1.87 bits per heavy atom. The first-order valence-electron chi connectivity index (χ1n) is 13.2. The summed E-state index contributed by atoms with van der Waals surface area (Å²) in [5.41, 5.74) is 3.14. The lowest BCUT2D eigenvalue weighted by Gasteiger charge is -2.34. The highest BCUT2D eigenvalue weighted by Crippen LogP contribution is 2.33. The van der Waals surface area contributed by atoms with Crippen LogP contribution < -0.4 is 10.2 Å². The quantitative estimate of drug-likeness (QED) is 0.325. The number of rotatable bonds is 8. The zero-order valence-corrected chi connectivity index (χ0v) is 22.9. The number of nitrogens with zero attached hydrogens (tertiary/aromatic N) is 5. The molecule has 202 valence electrons. The first kappa shape index (κ1) is 26.6. The van der Waals surface area contributed by atoms with E-state index in [1.807, 2.05) is 49.6 Å². The fraction of sp³-hybridized carbons (Fsp3) is 0.345. The molecule has 0 saturated heterocycles. The summed E-state index contributed by atoms with van der Waals surface area (Å²) in [4.78, 5) is 31.7. The lowest BCUT2D eigenvalue weighted by molar-refractivity contribution is -0.127. The highest BCUT2D eigenvalue weighted by atomic mass is 32.1. The van der Waals surface area contributed by atoms with E-state index >= 15 is 0 Å². The van der Waals surface area contributed by atoms with E-state index in [4.69, 9.17) is 0 Å². The first-order chi connectivity index (χ1) is 18.9. The molecule has 5 rings (SSSR count). The van der Waals surface area contributed by atoms with E-state index in [0.717, 1.165) is 41.7 Å². The Labute approximate surface area is 231 Å². The third-order valence-corrected chi connectivity index (χ3v) is 7.88. The molecule has 0 aliphatic heterocycles. The van der Waals surface area contributed by atoms with Crippen molar-refractivity contribution in [2.45, 2.75) is 64.6 Å². The molecule has 1 aliphatic carbocycles. The van der Waals surface area contributed by atoms with Gasteiger partial charge in [0.2, 0.25) is 11.7 Å². The monoisotopic (exact) mass is 544 g/mol. The Morgan fingerprint density at radius 1 is 1.10 bits per heavy atom. The van der Waals surface area contributed by atoms with Crippen molar-refractivity contribution in [1.82, 2.24) is 25.5 Å². The summed E-state index contributed by atoms with van der Waals surface area (Å²) < 4.78 is 0. The van der Waals surface area contributed by atoms with Crippen LogP contribution in [0.15, 0.2) is 60.0 Å². The number of aromatic hydroxyl groups is 1. The summed E-state index contributed by atoms with van der Waals surface area (Å²) in [6.07, 6.45) is 5.14. The van der Waals surface area contributed by atoms with Crippen molar-refractivity contribution >= 4 is 28.8 Å². The predicted octanol–water partition coefficient (Wildman–Crippen LogP) is 4.95. The van der Waals surface area contributed by atoms with Gasteiger partial charge in [0.25, 0.3) is 5.91 Å². The van der Waals surface area contributed by atoms with Crippen molar-refractivity contribution in [3.8, 4) is 16.5 Å². The highest BCUT2D eigenvalue weighted by Gasteiger charge is 2.35. The van der Waals surface area contributed by atoms with Gasteiger partial charge in [0.15, 0.2) is 0 Å². The summed E-state index contributed by atoms with van der Waals surface area (Å²) in [7, 11) is 0. The number of phenols is 1. The number of aromatic nitrogens is 4. The van der Waals surface area contributed by atoms with Crippen molar-refractivity contribution in [2.75, 3.05) is 4.90 Å². The maximum Gasteiger partial charge on any atom is 0.251 e. The number of aryl methyl sites for hydroxylation is 2. The number of benzene rings is 2. The van der Waals surface area contributed by atoms with Gasteiger partial charge in [-0.2, -0.15) is 4.80 Å². The summed E-state index contributed by atoms with van der Waals surface area (Å²) in [5, 5.41) is 27.7. The smallest absolute Gasteiger partial charge is 0.251 e. The van der Waals surface area contributed by atoms with Gasteiger partial charge in [0.1, 0.15) is 18.3 Å².